The van der Waals surface area contributed by atoms with Crippen molar-refractivity contribution in [2.45, 2.75) is 25.8 Å². The van der Waals surface area contributed by atoms with Gasteiger partial charge in [0.05, 0.1) is 30.0 Å². The molecule has 0 saturated carbocycles. The summed E-state index contributed by atoms with van der Waals surface area (Å²) in [4.78, 5) is 13.5. The summed E-state index contributed by atoms with van der Waals surface area (Å²) in [5, 5.41) is 6.87. The molecule has 3 heterocycles. The highest BCUT2D eigenvalue weighted by molar-refractivity contribution is 5.78. The SMILES string of the molecule is CCOc1ccc2c(c1)ncn2-c1cncc(N[C@@H]2CCCNC2)n1. The Morgan fingerprint density at radius 3 is 3.16 bits per heavy atom. The summed E-state index contributed by atoms with van der Waals surface area (Å²) in [6.45, 7) is 4.66. The van der Waals surface area contributed by atoms with Crippen LogP contribution < -0.4 is 15.4 Å². The first-order valence-corrected chi connectivity index (χ1v) is 8.73. The van der Waals surface area contributed by atoms with E-state index in [0.29, 0.717) is 12.6 Å². The molecular formula is C18H22N6O. The molecule has 1 aromatic carbocycles. The summed E-state index contributed by atoms with van der Waals surface area (Å²) in [7, 11) is 0. The number of ether oxygens (including phenoxy) is 1. The van der Waals surface area contributed by atoms with Gasteiger partial charge in [0.15, 0.2) is 5.82 Å². The molecule has 3 aromatic rings. The molecule has 2 aromatic heterocycles. The van der Waals surface area contributed by atoms with Gasteiger partial charge in [-0.2, -0.15) is 0 Å². The fourth-order valence-corrected chi connectivity index (χ4v) is 3.16. The van der Waals surface area contributed by atoms with Gasteiger partial charge in [0.1, 0.15) is 17.9 Å². The number of hydrogen-bond acceptors (Lipinski definition) is 6. The Bertz CT molecular complexity index is 856. The first-order valence-electron chi connectivity index (χ1n) is 8.73. The maximum Gasteiger partial charge on any atom is 0.159 e. The van der Waals surface area contributed by atoms with E-state index >= 15 is 0 Å². The van der Waals surface area contributed by atoms with Gasteiger partial charge in [0.2, 0.25) is 0 Å². The number of anilines is 1. The Morgan fingerprint density at radius 1 is 1.36 bits per heavy atom. The van der Waals surface area contributed by atoms with E-state index in [9.17, 15) is 0 Å². The molecule has 1 aliphatic heterocycles. The molecule has 25 heavy (non-hydrogen) atoms. The summed E-state index contributed by atoms with van der Waals surface area (Å²) in [5.74, 6) is 2.37. The Balaban J connectivity index is 1.61. The van der Waals surface area contributed by atoms with Crippen LogP contribution in [0.15, 0.2) is 36.9 Å². The van der Waals surface area contributed by atoms with E-state index in [0.717, 1.165) is 47.9 Å². The Hall–Kier alpha value is -2.67. The van der Waals surface area contributed by atoms with E-state index in [1.165, 1.54) is 6.42 Å². The van der Waals surface area contributed by atoms with Crippen molar-refractivity contribution in [2.24, 2.45) is 0 Å². The normalized spacial score (nSPS) is 17.6. The van der Waals surface area contributed by atoms with Gasteiger partial charge in [-0.1, -0.05) is 0 Å². The fourth-order valence-electron chi connectivity index (χ4n) is 3.16. The average Bonchev–Trinajstić information content (AvgIpc) is 3.06. The van der Waals surface area contributed by atoms with Crippen LogP contribution in [0.4, 0.5) is 5.82 Å². The smallest absolute Gasteiger partial charge is 0.159 e. The number of hydrogen-bond donors (Lipinski definition) is 2. The van der Waals surface area contributed by atoms with Crippen LogP contribution in [0.3, 0.4) is 0 Å². The first kappa shape index (κ1) is 15.8. The van der Waals surface area contributed by atoms with Crippen molar-refractivity contribution in [3.63, 3.8) is 0 Å². The number of nitrogens with one attached hydrogen (secondary N) is 2. The lowest BCUT2D eigenvalue weighted by Crippen LogP contribution is -2.38. The van der Waals surface area contributed by atoms with Crippen molar-refractivity contribution in [1.82, 2.24) is 24.8 Å². The topological polar surface area (TPSA) is 76.9 Å². The van der Waals surface area contributed by atoms with Crippen molar-refractivity contribution in [3.05, 3.63) is 36.9 Å². The molecule has 1 aliphatic rings. The summed E-state index contributed by atoms with van der Waals surface area (Å²) in [5.41, 5.74) is 1.86. The number of fused-ring (bicyclic) bond motifs is 1. The van der Waals surface area contributed by atoms with Gasteiger partial charge >= 0.3 is 0 Å². The van der Waals surface area contributed by atoms with E-state index in [4.69, 9.17) is 9.72 Å². The van der Waals surface area contributed by atoms with E-state index in [-0.39, 0.29) is 0 Å². The molecule has 0 radical (unpaired) electrons. The van der Waals surface area contributed by atoms with Crippen molar-refractivity contribution < 1.29 is 4.74 Å². The number of aromatic nitrogens is 4. The molecule has 0 bridgehead atoms. The molecule has 0 amide bonds. The lowest BCUT2D eigenvalue weighted by Gasteiger charge is -2.24. The predicted molar refractivity (Wildman–Crippen MR) is 97.3 cm³/mol. The zero-order valence-corrected chi connectivity index (χ0v) is 14.3. The first-order chi connectivity index (χ1) is 12.3. The standard InChI is InChI=1S/C18H22N6O/c1-2-25-14-5-6-16-15(8-14)21-12-24(16)18-11-20-10-17(23-18)22-13-4-3-7-19-9-13/h5-6,8,10-13,19H,2-4,7,9H2,1H3,(H,22,23)/t13-/m1/s1. The maximum absolute atomic E-state index is 5.54. The summed E-state index contributed by atoms with van der Waals surface area (Å²) in [6, 6.07) is 6.29. The van der Waals surface area contributed by atoms with Gasteiger partial charge in [0.25, 0.3) is 0 Å². The minimum Gasteiger partial charge on any atom is -0.494 e. The molecule has 7 nitrogen and oxygen atoms in total. The average molecular weight is 338 g/mol. The molecule has 4 rings (SSSR count). The zero-order valence-electron chi connectivity index (χ0n) is 14.3. The van der Waals surface area contributed by atoms with Gasteiger partial charge in [0, 0.05) is 18.7 Å². The number of piperidine rings is 1. The van der Waals surface area contributed by atoms with E-state index in [2.05, 4.69) is 20.6 Å². The third-order valence-electron chi connectivity index (χ3n) is 4.35. The molecule has 0 spiro atoms. The van der Waals surface area contributed by atoms with Gasteiger partial charge in [-0.25, -0.2) is 9.97 Å². The van der Waals surface area contributed by atoms with Gasteiger partial charge in [-0.3, -0.25) is 9.55 Å². The van der Waals surface area contributed by atoms with E-state index < -0.39 is 0 Å². The molecule has 130 valence electrons. The van der Waals surface area contributed by atoms with E-state index in [1.54, 1.807) is 18.7 Å². The largest absolute Gasteiger partial charge is 0.494 e. The molecule has 0 aliphatic carbocycles. The Labute approximate surface area is 146 Å². The highest BCUT2D eigenvalue weighted by Gasteiger charge is 2.14. The summed E-state index contributed by atoms with van der Waals surface area (Å²) < 4.78 is 7.49. The number of rotatable bonds is 5. The maximum atomic E-state index is 5.54. The molecule has 2 N–H and O–H groups in total. The molecule has 1 atom stereocenters. The second-order valence-corrected chi connectivity index (χ2v) is 6.15. The molecule has 0 unspecified atom stereocenters. The van der Waals surface area contributed by atoms with Gasteiger partial charge in [-0.15, -0.1) is 0 Å². The number of benzene rings is 1. The van der Waals surface area contributed by atoms with Crippen LogP contribution in [0.1, 0.15) is 19.8 Å². The van der Waals surface area contributed by atoms with Crippen molar-refractivity contribution in [1.29, 1.82) is 0 Å². The zero-order chi connectivity index (χ0) is 17.1. The lowest BCUT2D eigenvalue weighted by molar-refractivity contribution is 0.340. The second kappa shape index (κ2) is 7.06. The lowest BCUT2D eigenvalue weighted by atomic mass is 10.1. The third kappa shape index (κ3) is 3.41. The molecule has 1 fully saturated rings. The van der Waals surface area contributed by atoms with Gasteiger partial charge < -0.3 is 15.4 Å². The number of nitrogens with zero attached hydrogens (tertiary/aromatic N) is 4. The van der Waals surface area contributed by atoms with Crippen LogP contribution in [-0.2, 0) is 0 Å². The molecule has 7 heteroatoms. The Morgan fingerprint density at radius 2 is 2.32 bits per heavy atom. The van der Waals surface area contributed by atoms with Crippen LogP contribution in [0.5, 0.6) is 5.75 Å². The van der Waals surface area contributed by atoms with Crippen molar-refractivity contribution in [2.75, 3.05) is 25.0 Å². The summed E-state index contributed by atoms with van der Waals surface area (Å²) >= 11 is 0. The van der Waals surface area contributed by atoms with Crippen LogP contribution in [-0.4, -0.2) is 45.3 Å². The monoisotopic (exact) mass is 338 g/mol. The van der Waals surface area contributed by atoms with Crippen molar-refractivity contribution >= 4 is 16.9 Å². The highest BCUT2D eigenvalue weighted by Crippen LogP contribution is 2.22. The van der Waals surface area contributed by atoms with E-state index in [1.807, 2.05) is 29.7 Å². The van der Waals surface area contributed by atoms with Crippen LogP contribution in [0.2, 0.25) is 0 Å². The van der Waals surface area contributed by atoms with Crippen LogP contribution in [0, 0.1) is 0 Å². The Kier molecular flexibility index (Phi) is 4.47. The predicted octanol–water partition coefficient (Wildman–Crippen LogP) is 2.38. The molecular weight excluding hydrogens is 316 g/mol. The summed E-state index contributed by atoms with van der Waals surface area (Å²) in [6.07, 6.45) is 7.62. The minimum absolute atomic E-state index is 0.395. The number of imidazole rings is 1. The quantitative estimate of drug-likeness (QED) is 0.744. The second-order valence-electron chi connectivity index (χ2n) is 6.15. The highest BCUT2D eigenvalue weighted by atomic mass is 16.5. The third-order valence-corrected chi connectivity index (χ3v) is 4.35. The van der Waals surface area contributed by atoms with Crippen LogP contribution in [0.25, 0.3) is 16.9 Å². The van der Waals surface area contributed by atoms with Crippen molar-refractivity contribution in [3.8, 4) is 11.6 Å². The fraction of sp³-hybridized carbons (Fsp3) is 0.389. The molecule has 1 saturated heterocycles. The van der Waals surface area contributed by atoms with Gasteiger partial charge in [-0.05, 0) is 38.4 Å². The minimum atomic E-state index is 0.395. The van der Waals surface area contributed by atoms with Crippen LogP contribution >= 0.6 is 0 Å².